The van der Waals surface area contributed by atoms with E-state index in [1.165, 1.54) is 5.56 Å². The second-order valence-corrected chi connectivity index (χ2v) is 6.46. The van der Waals surface area contributed by atoms with E-state index in [-0.39, 0.29) is 30.4 Å². The highest BCUT2D eigenvalue weighted by Gasteiger charge is 2.33. The highest BCUT2D eigenvalue weighted by Crippen LogP contribution is 2.32. The Morgan fingerprint density at radius 1 is 1.12 bits per heavy atom. The molecule has 3 atom stereocenters. The standard InChI is InChI=1S/C20H24N2O.ClH/c1-15-12-18(16-8-4-2-5-9-16)14-22(15)20(23)13-19(21)17-10-6-3-7-11-17;/h2-11,15,18-19H,12-14,21H2,1H3;1H. The number of likely N-dealkylation sites (tertiary alicyclic amines) is 1. The van der Waals surface area contributed by atoms with E-state index >= 15 is 0 Å². The van der Waals surface area contributed by atoms with Gasteiger partial charge in [0, 0.05) is 31.0 Å². The van der Waals surface area contributed by atoms with Crippen LogP contribution >= 0.6 is 12.4 Å². The number of hydrogen-bond acceptors (Lipinski definition) is 2. The molecule has 1 amide bonds. The van der Waals surface area contributed by atoms with Crippen LogP contribution < -0.4 is 5.73 Å². The lowest BCUT2D eigenvalue weighted by atomic mass is 9.97. The molecule has 0 saturated carbocycles. The molecule has 0 spiro atoms. The van der Waals surface area contributed by atoms with Gasteiger partial charge in [-0.15, -0.1) is 12.4 Å². The van der Waals surface area contributed by atoms with Crippen molar-refractivity contribution in [2.24, 2.45) is 5.73 Å². The van der Waals surface area contributed by atoms with Crippen LogP contribution in [0.2, 0.25) is 0 Å². The molecule has 2 N–H and O–H groups in total. The van der Waals surface area contributed by atoms with Gasteiger partial charge in [0.15, 0.2) is 0 Å². The zero-order chi connectivity index (χ0) is 16.2. The van der Waals surface area contributed by atoms with Crippen LogP contribution in [0.4, 0.5) is 0 Å². The number of nitrogens with zero attached hydrogens (tertiary/aromatic N) is 1. The first-order chi connectivity index (χ1) is 11.1. The summed E-state index contributed by atoms with van der Waals surface area (Å²) in [4.78, 5) is 14.7. The second kappa shape index (κ2) is 8.32. The van der Waals surface area contributed by atoms with Crippen molar-refractivity contribution in [2.75, 3.05) is 6.54 Å². The van der Waals surface area contributed by atoms with Crippen molar-refractivity contribution in [3.8, 4) is 0 Å². The topological polar surface area (TPSA) is 46.3 Å². The van der Waals surface area contributed by atoms with Gasteiger partial charge in [0.25, 0.3) is 0 Å². The molecule has 1 aliphatic rings. The number of benzene rings is 2. The number of carbonyl (C=O) groups is 1. The highest BCUT2D eigenvalue weighted by atomic mass is 35.5. The van der Waals surface area contributed by atoms with E-state index in [0.717, 1.165) is 18.5 Å². The maximum Gasteiger partial charge on any atom is 0.224 e. The number of amides is 1. The van der Waals surface area contributed by atoms with Crippen molar-refractivity contribution in [2.45, 2.75) is 37.8 Å². The van der Waals surface area contributed by atoms with Crippen LogP contribution in [0.3, 0.4) is 0 Å². The Hall–Kier alpha value is -1.84. The minimum Gasteiger partial charge on any atom is -0.339 e. The molecule has 128 valence electrons. The lowest BCUT2D eigenvalue weighted by molar-refractivity contribution is -0.132. The van der Waals surface area contributed by atoms with E-state index in [2.05, 4.69) is 31.2 Å². The fraction of sp³-hybridized carbons (Fsp3) is 0.350. The Balaban J connectivity index is 0.00000208. The summed E-state index contributed by atoms with van der Waals surface area (Å²) in [5.74, 6) is 0.593. The van der Waals surface area contributed by atoms with Gasteiger partial charge in [-0.05, 0) is 24.5 Å². The molecule has 3 rings (SSSR count). The predicted molar refractivity (Wildman–Crippen MR) is 100 cm³/mol. The van der Waals surface area contributed by atoms with Gasteiger partial charge < -0.3 is 10.6 Å². The normalized spacial score (nSPS) is 21.2. The number of nitrogens with two attached hydrogens (primary N) is 1. The molecule has 0 bridgehead atoms. The fourth-order valence-corrected chi connectivity index (χ4v) is 3.47. The van der Waals surface area contributed by atoms with Crippen molar-refractivity contribution in [1.29, 1.82) is 0 Å². The molecular formula is C20H25ClN2O. The number of halogens is 1. The van der Waals surface area contributed by atoms with Gasteiger partial charge >= 0.3 is 0 Å². The Labute approximate surface area is 150 Å². The molecule has 3 nitrogen and oxygen atoms in total. The molecule has 24 heavy (non-hydrogen) atoms. The lowest BCUT2D eigenvalue weighted by Crippen LogP contribution is -2.35. The summed E-state index contributed by atoms with van der Waals surface area (Å²) in [6.45, 7) is 2.93. The first kappa shape index (κ1) is 18.5. The maximum absolute atomic E-state index is 12.7. The van der Waals surface area contributed by atoms with E-state index in [9.17, 15) is 4.79 Å². The molecule has 1 heterocycles. The van der Waals surface area contributed by atoms with E-state index in [1.54, 1.807) is 0 Å². The summed E-state index contributed by atoms with van der Waals surface area (Å²) >= 11 is 0. The van der Waals surface area contributed by atoms with E-state index in [1.807, 2.05) is 41.3 Å². The Morgan fingerprint density at radius 3 is 2.33 bits per heavy atom. The summed E-state index contributed by atoms with van der Waals surface area (Å²) < 4.78 is 0. The molecule has 1 saturated heterocycles. The lowest BCUT2D eigenvalue weighted by Gasteiger charge is -2.23. The summed E-state index contributed by atoms with van der Waals surface area (Å²) in [6.07, 6.45) is 1.40. The average molecular weight is 345 g/mol. The van der Waals surface area contributed by atoms with Crippen molar-refractivity contribution < 1.29 is 4.79 Å². The third kappa shape index (κ3) is 4.16. The third-order valence-electron chi connectivity index (χ3n) is 4.79. The maximum atomic E-state index is 12.7. The van der Waals surface area contributed by atoms with Crippen molar-refractivity contribution >= 4 is 18.3 Å². The first-order valence-corrected chi connectivity index (χ1v) is 8.30. The van der Waals surface area contributed by atoms with E-state index < -0.39 is 0 Å². The van der Waals surface area contributed by atoms with Crippen molar-refractivity contribution in [1.82, 2.24) is 4.90 Å². The van der Waals surface area contributed by atoms with Crippen LogP contribution in [0.5, 0.6) is 0 Å². The molecule has 0 aliphatic carbocycles. The van der Waals surface area contributed by atoms with E-state index in [4.69, 9.17) is 5.73 Å². The third-order valence-corrected chi connectivity index (χ3v) is 4.79. The first-order valence-electron chi connectivity index (χ1n) is 8.30. The van der Waals surface area contributed by atoms with Crippen LogP contribution in [0.25, 0.3) is 0 Å². The second-order valence-electron chi connectivity index (χ2n) is 6.46. The summed E-state index contributed by atoms with van der Waals surface area (Å²) in [5, 5.41) is 0. The molecule has 1 aliphatic heterocycles. The average Bonchev–Trinajstić information content (AvgIpc) is 2.98. The van der Waals surface area contributed by atoms with Crippen LogP contribution in [-0.4, -0.2) is 23.4 Å². The van der Waals surface area contributed by atoms with Crippen LogP contribution in [0.1, 0.15) is 42.9 Å². The van der Waals surface area contributed by atoms with Crippen LogP contribution in [-0.2, 0) is 4.79 Å². The molecule has 2 aromatic carbocycles. The molecular weight excluding hydrogens is 320 g/mol. The fourth-order valence-electron chi connectivity index (χ4n) is 3.47. The SMILES string of the molecule is CC1CC(c2ccccc2)CN1C(=O)CC(N)c1ccccc1.Cl. The van der Waals surface area contributed by atoms with Gasteiger partial charge in [0.2, 0.25) is 5.91 Å². The van der Waals surface area contributed by atoms with Gasteiger partial charge in [0.1, 0.15) is 0 Å². The molecule has 2 aromatic rings. The molecule has 4 heteroatoms. The Morgan fingerprint density at radius 2 is 1.71 bits per heavy atom. The Bertz CT molecular complexity index is 647. The van der Waals surface area contributed by atoms with Gasteiger partial charge in [-0.3, -0.25) is 4.79 Å². The van der Waals surface area contributed by atoms with Crippen molar-refractivity contribution in [3.05, 3.63) is 71.8 Å². The highest BCUT2D eigenvalue weighted by molar-refractivity contribution is 5.85. The van der Waals surface area contributed by atoms with Crippen LogP contribution in [0.15, 0.2) is 60.7 Å². The molecule has 1 fully saturated rings. The summed E-state index contributed by atoms with van der Waals surface area (Å²) in [7, 11) is 0. The van der Waals surface area contributed by atoms with Crippen molar-refractivity contribution in [3.63, 3.8) is 0 Å². The minimum absolute atomic E-state index is 0. The Kier molecular flexibility index (Phi) is 6.41. The zero-order valence-corrected chi connectivity index (χ0v) is 14.8. The quantitative estimate of drug-likeness (QED) is 0.914. The molecule has 0 radical (unpaired) electrons. The summed E-state index contributed by atoms with van der Waals surface area (Å²) in [6, 6.07) is 20.4. The largest absolute Gasteiger partial charge is 0.339 e. The monoisotopic (exact) mass is 344 g/mol. The number of carbonyl (C=O) groups excluding carboxylic acids is 1. The predicted octanol–water partition coefficient (Wildman–Crippen LogP) is 3.90. The smallest absolute Gasteiger partial charge is 0.224 e. The van der Waals surface area contributed by atoms with E-state index in [0.29, 0.717) is 12.3 Å². The number of hydrogen-bond donors (Lipinski definition) is 1. The van der Waals surface area contributed by atoms with Gasteiger partial charge in [-0.25, -0.2) is 0 Å². The molecule has 3 unspecified atom stereocenters. The molecule has 0 aromatic heterocycles. The van der Waals surface area contributed by atoms with Gasteiger partial charge in [0.05, 0.1) is 0 Å². The zero-order valence-electron chi connectivity index (χ0n) is 14.0. The van der Waals surface area contributed by atoms with Gasteiger partial charge in [-0.1, -0.05) is 60.7 Å². The number of rotatable bonds is 4. The summed E-state index contributed by atoms with van der Waals surface area (Å²) in [5.41, 5.74) is 8.55. The van der Waals surface area contributed by atoms with Crippen LogP contribution in [0, 0.1) is 0 Å². The van der Waals surface area contributed by atoms with Gasteiger partial charge in [-0.2, -0.15) is 0 Å². The minimum atomic E-state index is -0.230.